The second kappa shape index (κ2) is 7.79. The third-order valence-electron chi connectivity index (χ3n) is 5.30. The molecule has 1 aromatic rings. The van der Waals surface area contributed by atoms with Gasteiger partial charge in [-0.2, -0.15) is 0 Å². The molecule has 0 radical (unpaired) electrons. The highest BCUT2D eigenvalue weighted by Crippen LogP contribution is 2.38. The molecule has 1 aromatic carbocycles. The Morgan fingerprint density at radius 1 is 1.22 bits per heavy atom. The maximum Gasteiger partial charge on any atom is 0.238 e. The van der Waals surface area contributed by atoms with Gasteiger partial charge in [0.2, 0.25) is 11.8 Å². The highest BCUT2D eigenvalue weighted by Gasteiger charge is 2.51. The van der Waals surface area contributed by atoms with Crippen LogP contribution >= 0.6 is 11.8 Å². The van der Waals surface area contributed by atoms with E-state index < -0.39 is 21.2 Å². The van der Waals surface area contributed by atoms with Gasteiger partial charge in [-0.15, -0.1) is 11.8 Å². The number of carbonyl (C=O) groups excluding carboxylic acids is 2. The van der Waals surface area contributed by atoms with Gasteiger partial charge in [0.1, 0.15) is 21.1 Å². The Bertz CT molecular complexity index is 812. The van der Waals surface area contributed by atoms with Crippen LogP contribution in [0.5, 0.6) is 0 Å². The van der Waals surface area contributed by atoms with Crippen molar-refractivity contribution in [1.29, 1.82) is 0 Å². The summed E-state index contributed by atoms with van der Waals surface area (Å²) in [7, 11) is -1.72. The number of thioether (sulfide) groups is 1. The molecule has 1 N–H and O–H groups in total. The number of amides is 2. The lowest BCUT2D eigenvalue weighted by molar-refractivity contribution is -0.150. The van der Waals surface area contributed by atoms with Gasteiger partial charge < -0.3 is 10.2 Å². The SMILES string of the molecule is CNC(=O)C1(C(=O)N2CCC(Sc3ccc(F)cc3)C2)CCS(=O)(=O)CC1. The zero-order valence-corrected chi connectivity index (χ0v) is 16.7. The first kappa shape index (κ1) is 20.1. The number of nitrogens with one attached hydrogen (secondary N) is 1. The molecule has 2 heterocycles. The average Bonchev–Trinajstić information content (AvgIpc) is 3.11. The van der Waals surface area contributed by atoms with Gasteiger partial charge in [0, 0.05) is 30.3 Å². The summed E-state index contributed by atoms with van der Waals surface area (Å²) in [6.07, 6.45) is 0.829. The maximum absolute atomic E-state index is 13.2. The first-order valence-electron chi connectivity index (χ1n) is 8.90. The molecular weight excluding hydrogens is 391 g/mol. The minimum absolute atomic E-state index is 0.0279. The van der Waals surface area contributed by atoms with Crippen molar-refractivity contribution in [2.75, 3.05) is 31.6 Å². The predicted octanol–water partition coefficient (Wildman–Crippen LogP) is 1.46. The number of sulfone groups is 1. The van der Waals surface area contributed by atoms with Gasteiger partial charge in [-0.25, -0.2) is 12.8 Å². The molecule has 6 nitrogen and oxygen atoms in total. The third kappa shape index (κ3) is 4.29. The van der Waals surface area contributed by atoms with Crippen molar-refractivity contribution in [3.8, 4) is 0 Å². The van der Waals surface area contributed by atoms with E-state index in [2.05, 4.69) is 5.32 Å². The number of rotatable bonds is 4. The van der Waals surface area contributed by atoms with Crippen molar-refractivity contribution >= 4 is 33.4 Å². The summed E-state index contributed by atoms with van der Waals surface area (Å²) in [6.45, 7) is 1.02. The fraction of sp³-hybridized carbons (Fsp3) is 0.556. The monoisotopic (exact) mass is 414 g/mol. The molecular formula is C18H23FN2O4S2. The van der Waals surface area contributed by atoms with Crippen LogP contribution < -0.4 is 5.32 Å². The number of hydrogen-bond acceptors (Lipinski definition) is 5. The molecule has 1 unspecified atom stereocenters. The van der Waals surface area contributed by atoms with Crippen molar-refractivity contribution in [3.63, 3.8) is 0 Å². The molecule has 3 rings (SSSR count). The molecule has 1 atom stereocenters. The first-order valence-corrected chi connectivity index (χ1v) is 11.6. The zero-order valence-electron chi connectivity index (χ0n) is 15.1. The quantitative estimate of drug-likeness (QED) is 0.754. The summed E-state index contributed by atoms with van der Waals surface area (Å²) >= 11 is 1.58. The highest BCUT2D eigenvalue weighted by atomic mass is 32.2. The summed E-state index contributed by atoms with van der Waals surface area (Å²) in [5.74, 6) is -1.26. The van der Waals surface area contributed by atoms with Crippen LogP contribution in [0, 0.1) is 11.2 Å². The first-order chi connectivity index (χ1) is 12.8. The minimum atomic E-state index is -3.19. The Morgan fingerprint density at radius 2 is 1.85 bits per heavy atom. The Kier molecular flexibility index (Phi) is 5.81. The van der Waals surface area contributed by atoms with Gasteiger partial charge >= 0.3 is 0 Å². The zero-order chi connectivity index (χ0) is 19.7. The molecule has 27 heavy (non-hydrogen) atoms. The molecule has 2 aliphatic heterocycles. The van der Waals surface area contributed by atoms with Gasteiger partial charge in [-0.05, 0) is 43.5 Å². The molecule has 9 heteroatoms. The lowest BCUT2D eigenvalue weighted by Gasteiger charge is -2.36. The maximum atomic E-state index is 13.2. The molecule has 0 bridgehead atoms. The Hall–Kier alpha value is -1.61. The lowest BCUT2D eigenvalue weighted by Crippen LogP contribution is -2.55. The van der Waals surface area contributed by atoms with Gasteiger partial charge in [0.25, 0.3) is 0 Å². The number of nitrogens with zero attached hydrogens (tertiary/aromatic N) is 1. The Morgan fingerprint density at radius 3 is 2.44 bits per heavy atom. The van der Waals surface area contributed by atoms with Gasteiger partial charge in [0.05, 0.1) is 11.5 Å². The molecule has 148 valence electrons. The van der Waals surface area contributed by atoms with Crippen LogP contribution in [-0.2, 0) is 19.4 Å². The normalized spacial score (nSPS) is 23.8. The Balaban J connectivity index is 1.70. The van der Waals surface area contributed by atoms with Crippen LogP contribution in [0.3, 0.4) is 0 Å². The number of benzene rings is 1. The number of hydrogen-bond donors (Lipinski definition) is 1. The van der Waals surface area contributed by atoms with Crippen LogP contribution in [0.15, 0.2) is 29.2 Å². The van der Waals surface area contributed by atoms with Crippen LogP contribution in [0.2, 0.25) is 0 Å². The molecule has 0 saturated carbocycles. The number of likely N-dealkylation sites (tertiary alicyclic amines) is 1. The summed E-state index contributed by atoms with van der Waals surface area (Å²) in [4.78, 5) is 28.3. The summed E-state index contributed by atoms with van der Waals surface area (Å²) in [6, 6.07) is 6.23. The third-order valence-corrected chi connectivity index (χ3v) is 8.21. The second-order valence-electron chi connectivity index (χ2n) is 7.05. The van der Waals surface area contributed by atoms with Crippen LogP contribution in [-0.4, -0.2) is 62.0 Å². The fourth-order valence-corrected chi connectivity index (χ4v) is 6.36. The topological polar surface area (TPSA) is 83.6 Å². The average molecular weight is 415 g/mol. The fourth-order valence-electron chi connectivity index (χ4n) is 3.68. The second-order valence-corrected chi connectivity index (χ2v) is 10.7. The molecule has 0 spiro atoms. The van der Waals surface area contributed by atoms with E-state index in [9.17, 15) is 22.4 Å². The largest absolute Gasteiger partial charge is 0.358 e. The highest BCUT2D eigenvalue weighted by molar-refractivity contribution is 8.00. The molecule has 2 aliphatic rings. The lowest BCUT2D eigenvalue weighted by atomic mass is 9.79. The smallest absolute Gasteiger partial charge is 0.238 e. The van der Waals surface area contributed by atoms with Crippen molar-refractivity contribution in [3.05, 3.63) is 30.1 Å². The Labute approximate surface area is 162 Å². The standard InChI is InChI=1S/C18H23FN2O4S2/c1-20-16(22)18(7-10-27(24,25)11-8-18)17(23)21-9-6-15(12-21)26-14-4-2-13(19)3-5-14/h2-5,15H,6-12H2,1H3,(H,20,22). The van der Waals surface area contributed by atoms with E-state index in [1.54, 1.807) is 28.8 Å². The van der Waals surface area contributed by atoms with Crippen LogP contribution in [0.1, 0.15) is 19.3 Å². The van der Waals surface area contributed by atoms with E-state index in [1.165, 1.54) is 19.2 Å². The molecule has 0 aliphatic carbocycles. The van der Waals surface area contributed by atoms with E-state index >= 15 is 0 Å². The molecule has 0 aromatic heterocycles. The van der Waals surface area contributed by atoms with Crippen molar-refractivity contribution < 1.29 is 22.4 Å². The van der Waals surface area contributed by atoms with E-state index in [4.69, 9.17) is 0 Å². The molecule has 2 saturated heterocycles. The minimum Gasteiger partial charge on any atom is -0.358 e. The number of halogens is 1. The van der Waals surface area contributed by atoms with Crippen molar-refractivity contribution in [2.24, 2.45) is 5.41 Å². The summed E-state index contributed by atoms with van der Waals surface area (Å²) < 4.78 is 36.6. The van der Waals surface area contributed by atoms with Crippen molar-refractivity contribution in [1.82, 2.24) is 10.2 Å². The number of carbonyl (C=O) groups is 2. The van der Waals surface area contributed by atoms with Gasteiger partial charge in [0.15, 0.2) is 0 Å². The van der Waals surface area contributed by atoms with Crippen LogP contribution in [0.25, 0.3) is 0 Å². The predicted molar refractivity (Wildman–Crippen MR) is 102 cm³/mol. The van der Waals surface area contributed by atoms with Gasteiger partial charge in [-0.1, -0.05) is 0 Å². The van der Waals surface area contributed by atoms with E-state index in [0.29, 0.717) is 13.1 Å². The van der Waals surface area contributed by atoms with E-state index in [-0.39, 0.29) is 41.3 Å². The van der Waals surface area contributed by atoms with E-state index in [1.807, 2.05) is 0 Å². The molecule has 2 amide bonds. The van der Waals surface area contributed by atoms with E-state index in [0.717, 1.165) is 11.3 Å². The summed E-state index contributed by atoms with van der Waals surface area (Å²) in [5.41, 5.74) is -1.30. The summed E-state index contributed by atoms with van der Waals surface area (Å²) in [5, 5.41) is 2.70. The van der Waals surface area contributed by atoms with Gasteiger partial charge in [-0.3, -0.25) is 9.59 Å². The molecule has 2 fully saturated rings. The van der Waals surface area contributed by atoms with Crippen LogP contribution in [0.4, 0.5) is 4.39 Å². The van der Waals surface area contributed by atoms with Crippen molar-refractivity contribution in [2.45, 2.75) is 29.4 Å².